The van der Waals surface area contributed by atoms with Gasteiger partial charge in [0.25, 0.3) is 0 Å². The zero-order chi connectivity index (χ0) is 14.1. The Balaban J connectivity index is 1.91. The molecule has 0 saturated carbocycles. The van der Waals surface area contributed by atoms with Gasteiger partial charge in [-0.15, -0.1) is 0 Å². The van der Waals surface area contributed by atoms with E-state index in [9.17, 15) is 0 Å². The summed E-state index contributed by atoms with van der Waals surface area (Å²) in [5.41, 5.74) is 6.21. The van der Waals surface area contributed by atoms with Crippen LogP contribution in [0.1, 0.15) is 28.6 Å². The third kappa shape index (κ3) is 2.49. The highest BCUT2D eigenvalue weighted by atomic mass is 16.5. The van der Waals surface area contributed by atoms with Gasteiger partial charge in [0.1, 0.15) is 5.82 Å². The maximum Gasteiger partial charge on any atom is 0.126 e. The predicted octanol–water partition coefficient (Wildman–Crippen LogP) is 2.66. The van der Waals surface area contributed by atoms with Gasteiger partial charge >= 0.3 is 0 Å². The summed E-state index contributed by atoms with van der Waals surface area (Å²) in [6.45, 7) is 8.77. The molecular formula is C16H21N3O. The number of aryl methyl sites for hydroxylation is 3. The molecule has 1 aromatic carbocycles. The second-order valence-corrected chi connectivity index (χ2v) is 5.52. The SMILES string of the molecule is Cc1cc(C)c(-c2cnc(C3COCCN3)[nH]2)cc1C. The molecule has 20 heavy (non-hydrogen) atoms. The van der Waals surface area contributed by atoms with Gasteiger partial charge in [-0.3, -0.25) is 0 Å². The van der Waals surface area contributed by atoms with Gasteiger partial charge in [0.15, 0.2) is 0 Å². The van der Waals surface area contributed by atoms with Crippen molar-refractivity contribution in [3.63, 3.8) is 0 Å². The lowest BCUT2D eigenvalue weighted by Gasteiger charge is -2.21. The van der Waals surface area contributed by atoms with Crippen LogP contribution in [0, 0.1) is 20.8 Å². The molecule has 1 fully saturated rings. The monoisotopic (exact) mass is 271 g/mol. The van der Waals surface area contributed by atoms with E-state index in [1.54, 1.807) is 0 Å². The van der Waals surface area contributed by atoms with Gasteiger partial charge in [-0.1, -0.05) is 6.07 Å². The predicted molar refractivity (Wildman–Crippen MR) is 79.8 cm³/mol. The van der Waals surface area contributed by atoms with Gasteiger partial charge < -0.3 is 15.0 Å². The topological polar surface area (TPSA) is 49.9 Å². The van der Waals surface area contributed by atoms with Crippen LogP contribution in [0.5, 0.6) is 0 Å². The number of imidazole rings is 1. The lowest BCUT2D eigenvalue weighted by Crippen LogP contribution is -2.35. The van der Waals surface area contributed by atoms with Crippen molar-refractivity contribution < 1.29 is 4.74 Å². The van der Waals surface area contributed by atoms with Crippen molar-refractivity contribution in [1.82, 2.24) is 15.3 Å². The fourth-order valence-electron chi connectivity index (χ4n) is 2.64. The van der Waals surface area contributed by atoms with Crippen LogP contribution in [0.15, 0.2) is 18.3 Å². The molecule has 1 aliphatic heterocycles. The van der Waals surface area contributed by atoms with E-state index in [1.165, 1.54) is 22.3 Å². The number of hydrogen-bond donors (Lipinski definition) is 2. The van der Waals surface area contributed by atoms with E-state index in [2.05, 4.69) is 48.2 Å². The maximum atomic E-state index is 5.49. The molecule has 1 atom stereocenters. The second-order valence-electron chi connectivity index (χ2n) is 5.52. The summed E-state index contributed by atoms with van der Waals surface area (Å²) in [6, 6.07) is 4.63. The summed E-state index contributed by atoms with van der Waals surface area (Å²) in [4.78, 5) is 7.94. The Labute approximate surface area is 119 Å². The lowest BCUT2D eigenvalue weighted by atomic mass is 9.99. The molecule has 106 valence electrons. The summed E-state index contributed by atoms with van der Waals surface area (Å²) in [5.74, 6) is 0.956. The number of hydrogen-bond acceptors (Lipinski definition) is 3. The third-order valence-electron chi connectivity index (χ3n) is 3.98. The largest absolute Gasteiger partial charge is 0.378 e. The van der Waals surface area contributed by atoms with Crippen molar-refractivity contribution in [2.75, 3.05) is 19.8 Å². The number of nitrogens with zero attached hydrogens (tertiary/aromatic N) is 1. The minimum atomic E-state index is 0.171. The molecule has 2 N–H and O–H groups in total. The molecule has 3 rings (SSSR count). The molecule has 1 aliphatic rings. The van der Waals surface area contributed by atoms with E-state index in [-0.39, 0.29) is 6.04 Å². The highest BCUT2D eigenvalue weighted by Crippen LogP contribution is 2.26. The Morgan fingerprint density at radius 1 is 1.15 bits per heavy atom. The minimum absolute atomic E-state index is 0.171. The highest BCUT2D eigenvalue weighted by molar-refractivity contribution is 5.65. The molecule has 0 spiro atoms. The molecule has 2 aromatic rings. The van der Waals surface area contributed by atoms with E-state index >= 15 is 0 Å². The van der Waals surface area contributed by atoms with Crippen molar-refractivity contribution in [3.05, 3.63) is 40.8 Å². The van der Waals surface area contributed by atoms with Crippen LogP contribution in [-0.2, 0) is 4.74 Å². The van der Waals surface area contributed by atoms with Crippen molar-refractivity contribution in [2.45, 2.75) is 26.8 Å². The van der Waals surface area contributed by atoms with Gasteiger partial charge in [0.2, 0.25) is 0 Å². The average Bonchev–Trinajstić information content (AvgIpc) is 2.93. The maximum absolute atomic E-state index is 5.49. The van der Waals surface area contributed by atoms with Crippen molar-refractivity contribution in [2.24, 2.45) is 0 Å². The van der Waals surface area contributed by atoms with Crippen LogP contribution in [0.2, 0.25) is 0 Å². The molecule has 1 aromatic heterocycles. The van der Waals surface area contributed by atoms with Crippen LogP contribution in [0.4, 0.5) is 0 Å². The summed E-state index contributed by atoms with van der Waals surface area (Å²) in [6.07, 6.45) is 1.92. The van der Waals surface area contributed by atoms with Crippen molar-refractivity contribution >= 4 is 0 Å². The van der Waals surface area contributed by atoms with Crippen LogP contribution < -0.4 is 5.32 Å². The van der Waals surface area contributed by atoms with E-state index < -0.39 is 0 Å². The van der Waals surface area contributed by atoms with Crippen molar-refractivity contribution in [1.29, 1.82) is 0 Å². The molecule has 2 heterocycles. The first-order valence-corrected chi connectivity index (χ1v) is 7.09. The number of morpholine rings is 1. The molecule has 4 nitrogen and oxygen atoms in total. The van der Waals surface area contributed by atoms with Crippen LogP contribution in [-0.4, -0.2) is 29.7 Å². The second kappa shape index (κ2) is 5.38. The van der Waals surface area contributed by atoms with Gasteiger partial charge in [-0.2, -0.15) is 0 Å². The zero-order valence-corrected chi connectivity index (χ0v) is 12.3. The third-order valence-corrected chi connectivity index (χ3v) is 3.98. The van der Waals surface area contributed by atoms with Gasteiger partial charge in [0.05, 0.1) is 31.1 Å². The Bertz CT molecular complexity index is 612. The van der Waals surface area contributed by atoms with E-state index in [0.29, 0.717) is 6.61 Å². The average molecular weight is 271 g/mol. The number of aromatic amines is 1. The Morgan fingerprint density at radius 2 is 1.95 bits per heavy atom. The number of aromatic nitrogens is 2. The summed E-state index contributed by atoms with van der Waals surface area (Å²) in [7, 11) is 0. The highest BCUT2D eigenvalue weighted by Gasteiger charge is 2.18. The molecule has 1 saturated heterocycles. The Hall–Kier alpha value is -1.65. The fraction of sp³-hybridized carbons (Fsp3) is 0.438. The first kappa shape index (κ1) is 13.3. The fourth-order valence-corrected chi connectivity index (χ4v) is 2.64. The van der Waals surface area contributed by atoms with Crippen LogP contribution >= 0.6 is 0 Å². The zero-order valence-electron chi connectivity index (χ0n) is 12.3. The van der Waals surface area contributed by atoms with Gasteiger partial charge in [0, 0.05) is 12.1 Å². The summed E-state index contributed by atoms with van der Waals surface area (Å²) >= 11 is 0. The first-order chi connectivity index (χ1) is 9.65. The molecule has 1 unspecified atom stereocenters. The number of rotatable bonds is 2. The minimum Gasteiger partial charge on any atom is -0.378 e. The Kier molecular flexibility index (Phi) is 3.59. The summed E-state index contributed by atoms with van der Waals surface area (Å²) in [5, 5.41) is 3.42. The standard InChI is InChI=1S/C16H21N3O/c1-10-6-12(3)13(7-11(10)2)14-8-18-16(19-14)15-9-20-5-4-17-15/h6-8,15,17H,4-5,9H2,1-3H3,(H,18,19). The van der Waals surface area contributed by atoms with Crippen molar-refractivity contribution in [3.8, 4) is 11.3 Å². The normalized spacial score (nSPS) is 19.2. The number of ether oxygens (including phenoxy) is 1. The lowest BCUT2D eigenvalue weighted by molar-refractivity contribution is 0.0745. The summed E-state index contributed by atoms with van der Waals surface area (Å²) < 4.78 is 5.49. The van der Waals surface area contributed by atoms with Crippen LogP contribution in [0.3, 0.4) is 0 Å². The Morgan fingerprint density at radius 3 is 2.70 bits per heavy atom. The number of H-pyrrole nitrogens is 1. The van der Waals surface area contributed by atoms with Gasteiger partial charge in [-0.05, 0) is 43.5 Å². The quantitative estimate of drug-likeness (QED) is 0.883. The first-order valence-electron chi connectivity index (χ1n) is 7.09. The van der Waals surface area contributed by atoms with E-state index in [4.69, 9.17) is 4.74 Å². The van der Waals surface area contributed by atoms with Gasteiger partial charge in [-0.25, -0.2) is 4.98 Å². The molecule has 0 aliphatic carbocycles. The van der Waals surface area contributed by atoms with Crippen LogP contribution in [0.25, 0.3) is 11.3 Å². The molecule has 0 radical (unpaired) electrons. The van der Waals surface area contributed by atoms with E-state index in [0.717, 1.165) is 24.7 Å². The number of nitrogens with one attached hydrogen (secondary N) is 2. The number of benzene rings is 1. The molecular weight excluding hydrogens is 250 g/mol. The molecule has 4 heteroatoms. The smallest absolute Gasteiger partial charge is 0.126 e. The molecule has 0 bridgehead atoms. The molecule has 0 amide bonds. The van der Waals surface area contributed by atoms with E-state index in [1.807, 2.05) is 6.20 Å².